The lowest BCUT2D eigenvalue weighted by Gasteiger charge is -2.27. The van der Waals surface area contributed by atoms with Crippen LogP contribution in [-0.4, -0.2) is 23.0 Å². The van der Waals surface area contributed by atoms with Crippen LogP contribution in [0.4, 0.5) is 11.4 Å². The molecule has 0 radical (unpaired) electrons. The molecule has 0 bridgehead atoms. The lowest BCUT2D eigenvalue weighted by molar-refractivity contribution is -0.117. The summed E-state index contributed by atoms with van der Waals surface area (Å²) in [5.74, 6) is -1.22. The molecule has 0 fully saturated rings. The standard InChI is InChI=1S/C12H14N2O3/c1-2-4-9-11(15)14-10-7(12(16)17)5-3-6-8(10)13-9/h3,5-6,9,13H,2,4H2,1H3,(H,14,15)(H,16,17). The third-order valence-corrected chi connectivity index (χ3v) is 2.77. The summed E-state index contributed by atoms with van der Waals surface area (Å²) in [5, 5.41) is 14.7. The Balaban J connectivity index is 2.37. The number of anilines is 2. The van der Waals surface area contributed by atoms with Crippen molar-refractivity contribution in [2.24, 2.45) is 0 Å². The van der Waals surface area contributed by atoms with E-state index in [0.717, 1.165) is 12.8 Å². The number of hydrogen-bond acceptors (Lipinski definition) is 3. The molecule has 0 saturated heterocycles. The molecule has 1 unspecified atom stereocenters. The van der Waals surface area contributed by atoms with Gasteiger partial charge in [-0.1, -0.05) is 19.4 Å². The van der Waals surface area contributed by atoms with Crippen molar-refractivity contribution in [3.05, 3.63) is 23.8 Å². The van der Waals surface area contributed by atoms with Crippen LogP contribution in [0, 0.1) is 0 Å². The molecule has 0 aliphatic carbocycles. The summed E-state index contributed by atoms with van der Waals surface area (Å²) >= 11 is 0. The average Bonchev–Trinajstić information content (AvgIpc) is 2.29. The average molecular weight is 234 g/mol. The number of para-hydroxylation sites is 1. The van der Waals surface area contributed by atoms with Crippen LogP contribution >= 0.6 is 0 Å². The smallest absolute Gasteiger partial charge is 0.337 e. The predicted octanol–water partition coefficient (Wildman–Crippen LogP) is 1.92. The molecule has 0 spiro atoms. The van der Waals surface area contributed by atoms with E-state index in [9.17, 15) is 9.59 Å². The molecule has 0 aromatic heterocycles. The number of fused-ring (bicyclic) bond motifs is 1. The molecule has 1 atom stereocenters. The molecular formula is C12H14N2O3. The fraction of sp³-hybridized carbons (Fsp3) is 0.333. The second-order valence-corrected chi connectivity index (χ2v) is 4.01. The maximum Gasteiger partial charge on any atom is 0.337 e. The minimum Gasteiger partial charge on any atom is -0.478 e. The highest BCUT2D eigenvalue weighted by Crippen LogP contribution is 2.31. The second-order valence-electron chi connectivity index (χ2n) is 4.01. The monoisotopic (exact) mass is 234 g/mol. The van der Waals surface area contributed by atoms with Crippen molar-refractivity contribution in [2.45, 2.75) is 25.8 Å². The van der Waals surface area contributed by atoms with E-state index in [1.807, 2.05) is 6.92 Å². The van der Waals surface area contributed by atoms with Crippen molar-refractivity contribution in [2.75, 3.05) is 10.6 Å². The van der Waals surface area contributed by atoms with E-state index < -0.39 is 5.97 Å². The van der Waals surface area contributed by atoms with Crippen LogP contribution in [0.3, 0.4) is 0 Å². The SMILES string of the molecule is CCCC1Nc2cccc(C(=O)O)c2NC1=O. The highest BCUT2D eigenvalue weighted by Gasteiger charge is 2.27. The fourth-order valence-corrected chi connectivity index (χ4v) is 1.94. The number of carbonyl (C=O) groups is 2. The van der Waals surface area contributed by atoms with Crippen LogP contribution in [0.2, 0.25) is 0 Å². The zero-order chi connectivity index (χ0) is 12.4. The molecule has 1 heterocycles. The third-order valence-electron chi connectivity index (χ3n) is 2.77. The lowest BCUT2D eigenvalue weighted by atomic mass is 10.0. The summed E-state index contributed by atoms with van der Waals surface area (Å²) in [5.41, 5.74) is 1.14. The highest BCUT2D eigenvalue weighted by molar-refractivity contribution is 6.09. The van der Waals surface area contributed by atoms with E-state index in [-0.39, 0.29) is 17.5 Å². The van der Waals surface area contributed by atoms with Gasteiger partial charge in [-0.2, -0.15) is 0 Å². The van der Waals surface area contributed by atoms with Crippen molar-refractivity contribution >= 4 is 23.3 Å². The molecule has 1 aromatic carbocycles. The second kappa shape index (κ2) is 4.45. The van der Waals surface area contributed by atoms with Crippen molar-refractivity contribution in [3.63, 3.8) is 0 Å². The van der Waals surface area contributed by atoms with Gasteiger partial charge in [0.1, 0.15) is 6.04 Å². The van der Waals surface area contributed by atoms with Crippen LogP contribution in [-0.2, 0) is 4.79 Å². The van der Waals surface area contributed by atoms with E-state index >= 15 is 0 Å². The van der Waals surface area contributed by atoms with E-state index in [0.29, 0.717) is 11.4 Å². The molecule has 3 N–H and O–H groups in total. The summed E-state index contributed by atoms with van der Waals surface area (Å²) in [4.78, 5) is 22.8. The number of carbonyl (C=O) groups excluding carboxylic acids is 1. The van der Waals surface area contributed by atoms with Gasteiger partial charge in [0.05, 0.1) is 16.9 Å². The lowest BCUT2D eigenvalue weighted by Crippen LogP contribution is -2.39. The van der Waals surface area contributed by atoms with E-state index in [1.165, 1.54) is 6.07 Å². The molecule has 90 valence electrons. The Hall–Kier alpha value is -2.04. The molecule has 5 nitrogen and oxygen atoms in total. The number of nitrogens with one attached hydrogen (secondary N) is 2. The maximum atomic E-state index is 11.8. The van der Waals surface area contributed by atoms with Crippen LogP contribution in [0.5, 0.6) is 0 Å². The first kappa shape index (κ1) is 11.4. The first-order chi connectivity index (χ1) is 8.13. The van der Waals surface area contributed by atoms with Gasteiger partial charge in [0.2, 0.25) is 5.91 Å². The van der Waals surface area contributed by atoms with Gasteiger partial charge >= 0.3 is 5.97 Å². The molecule has 2 rings (SSSR count). The van der Waals surface area contributed by atoms with Gasteiger partial charge in [-0.25, -0.2) is 4.79 Å². The summed E-state index contributed by atoms with van der Waals surface area (Å²) in [6, 6.07) is 4.62. The van der Waals surface area contributed by atoms with E-state index in [4.69, 9.17) is 5.11 Å². The van der Waals surface area contributed by atoms with Crippen molar-refractivity contribution < 1.29 is 14.7 Å². The molecule has 1 amide bonds. The van der Waals surface area contributed by atoms with Gasteiger partial charge in [0, 0.05) is 0 Å². The molecule has 5 heteroatoms. The third kappa shape index (κ3) is 2.08. The minimum atomic E-state index is -1.04. The Bertz CT molecular complexity index is 471. The highest BCUT2D eigenvalue weighted by atomic mass is 16.4. The van der Waals surface area contributed by atoms with Crippen LogP contribution in [0.15, 0.2) is 18.2 Å². The topological polar surface area (TPSA) is 78.4 Å². The van der Waals surface area contributed by atoms with Gasteiger partial charge in [0.15, 0.2) is 0 Å². The number of aromatic carboxylic acids is 1. The first-order valence-electron chi connectivity index (χ1n) is 5.57. The first-order valence-corrected chi connectivity index (χ1v) is 5.57. The van der Waals surface area contributed by atoms with E-state index in [2.05, 4.69) is 10.6 Å². The number of carboxylic acid groups (broad SMARTS) is 1. The number of amides is 1. The number of benzene rings is 1. The largest absolute Gasteiger partial charge is 0.478 e. The van der Waals surface area contributed by atoms with Gasteiger partial charge in [-0.3, -0.25) is 4.79 Å². The number of rotatable bonds is 3. The Kier molecular flexibility index (Phi) is 2.99. The van der Waals surface area contributed by atoms with Gasteiger partial charge in [-0.15, -0.1) is 0 Å². The number of carboxylic acids is 1. The summed E-state index contributed by atoms with van der Waals surface area (Å²) in [6.07, 6.45) is 1.61. The molecule has 0 saturated carbocycles. The van der Waals surface area contributed by atoms with E-state index in [1.54, 1.807) is 12.1 Å². The van der Waals surface area contributed by atoms with Crippen molar-refractivity contribution in [1.29, 1.82) is 0 Å². The normalized spacial score (nSPS) is 17.9. The summed E-state index contributed by atoms with van der Waals surface area (Å²) in [6.45, 7) is 2.00. The molecular weight excluding hydrogens is 220 g/mol. The van der Waals surface area contributed by atoms with Gasteiger partial charge in [0.25, 0.3) is 0 Å². The fourth-order valence-electron chi connectivity index (χ4n) is 1.94. The Morgan fingerprint density at radius 2 is 2.24 bits per heavy atom. The quantitative estimate of drug-likeness (QED) is 0.746. The zero-order valence-corrected chi connectivity index (χ0v) is 9.49. The summed E-state index contributed by atoms with van der Waals surface area (Å²) < 4.78 is 0. The van der Waals surface area contributed by atoms with Crippen molar-refractivity contribution in [1.82, 2.24) is 0 Å². The zero-order valence-electron chi connectivity index (χ0n) is 9.49. The van der Waals surface area contributed by atoms with Crippen LogP contribution in [0.25, 0.3) is 0 Å². The molecule has 1 aliphatic rings. The molecule has 17 heavy (non-hydrogen) atoms. The maximum absolute atomic E-state index is 11.8. The Morgan fingerprint density at radius 1 is 1.47 bits per heavy atom. The van der Waals surface area contributed by atoms with Gasteiger partial charge in [-0.05, 0) is 18.6 Å². The number of hydrogen-bond donors (Lipinski definition) is 3. The summed E-state index contributed by atoms with van der Waals surface area (Å²) in [7, 11) is 0. The van der Waals surface area contributed by atoms with Crippen molar-refractivity contribution in [3.8, 4) is 0 Å². The molecule has 1 aliphatic heterocycles. The Morgan fingerprint density at radius 3 is 2.88 bits per heavy atom. The minimum absolute atomic E-state index is 0.110. The predicted molar refractivity (Wildman–Crippen MR) is 64.3 cm³/mol. The van der Waals surface area contributed by atoms with Gasteiger partial charge < -0.3 is 15.7 Å². The van der Waals surface area contributed by atoms with Crippen LogP contribution < -0.4 is 10.6 Å². The van der Waals surface area contributed by atoms with Crippen LogP contribution in [0.1, 0.15) is 30.1 Å². The molecule has 1 aromatic rings. The Labute approximate surface area is 98.8 Å².